The van der Waals surface area contributed by atoms with E-state index in [0.717, 1.165) is 0 Å². The minimum absolute atomic E-state index is 0.217. The van der Waals surface area contributed by atoms with Gasteiger partial charge in [0.05, 0.1) is 5.75 Å². The zero-order chi connectivity index (χ0) is 10.2. The van der Waals surface area contributed by atoms with Gasteiger partial charge in [0.1, 0.15) is 0 Å². The average molecular weight is 197 g/mol. The molecule has 0 aromatic carbocycles. The van der Waals surface area contributed by atoms with Gasteiger partial charge >= 0.3 is 0 Å². The van der Waals surface area contributed by atoms with Crippen LogP contribution in [0.15, 0.2) is 0 Å². The maximum Gasteiger partial charge on any atom is 0.266 e. The zero-order valence-corrected chi connectivity index (χ0v) is 8.98. The Hall–Kier alpha value is -0.130. The lowest BCUT2D eigenvalue weighted by Crippen LogP contribution is -2.28. The van der Waals surface area contributed by atoms with Gasteiger partial charge < -0.3 is 5.32 Å². The summed E-state index contributed by atoms with van der Waals surface area (Å²) < 4.78 is 28.5. The second kappa shape index (κ2) is 7.52. The first-order chi connectivity index (χ1) is 5.42. The third-order valence-corrected chi connectivity index (χ3v) is 1.63. The monoisotopic (exact) mass is 197 g/mol. The minimum Gasteiger partial charge on any atom is -0.313 e. The van der Waals surface area contributed by atoms with Crippen molar-refractivity contribution in [3.05, 3.63) is 0 Å². The van der Waals surface area contributed by atoms with Crippen molar-refractivity contribution >= 4 is 10.1 Å². The van der Waals surface area contributed by atoms with Crippen LogP contribution in [-0.4, -0.2) is 31.3 Å². The van der Waals surface area contributed by atoms with Crippen molar-refractivity contribution < 1.29 is 13.0 Å². The van der Waals surface area contributed by atoms with Gasteiger partial charge in [-0.2, -0.15) is 8.42 Å². The van der Waals surface area contributed by atoms with Crippen LogP contribution >= 0.6 is 0 Å². The largest absolute Gasteiger partial charge is 0.313 e. The first kappa shape index (κ1) is 14.4. The van der Waals surface area contributed by atoms with E-state index >= 15 is 0 Å². The number of hydrogen-bond acceptors (Lipinski definition) is 3. The molecule has 0 rings (SSSR count). The maximum atomic E-state index is 10.1. The van der Waals surface area contributed by atoms with E-state index in [9.17, 15) is 8.42 Å². The lowest BCUT2D eigenvalue weighted by molar-refractivity contribution is 0.478. The average Bonchev–Trinajstić information content (AvgIpc) is 1.88. The van der Waals surface area contributed by atoms with Crippen LogP contribution in [0.2, 0.25) is 0 Å². The van der Waals surface area contributed by atoms with E-state index in [-0.39, 0.29) is 11.8 Å². The molecule has 0 aliphatic heterocycles. The van der Waals surface area contributed by atoms with Crippen molar-refractivity contribution in [1.82, 2.24) is 5.32 Å². The Morgan fingerprint density at radius 3 is 2.00 bits per heavy atom. The lowest BCUT2D eigenvalue weighted by atomic mass is 10.4. The molecule has 0 unspecified atom stereocenters. The van der Waals surface area contributed by atoms with E-state index in [2.05, 4.69) is 5.32 Å². The molecule has 76 valence electrons. The normalized spacial score (nSPS) is 10.8. The molecule has 0 fully saturated rings. The summed E-state index contributed by atoms with van der Waals surface area (Å²) in [6.07, 6.45) is 0. The predicted octanol–water partition coefficient (Wildman–Crippen LogP) is 0.898. The Morgan fingerprint density at radius 1 is 1.33 bits per heavy atom. The summed E-state index contributed by atoms with van der Waals surface area (Å²) in [5.41, 5.74) is 0. The molecule has 0 aromatic rings. The van der Waals surface area contributed by atoms with Crippen LogP contribution < -0.4 is 5.32 Å². The van der Waals surface area contributed by atoms with Gasteiger partial charge in [-0.15, -0.1) is 0 Å². The van der Waals surface area contributed by atoms with Gasteiger partial charge in [-0.25, -0.2) is 0 Å². The molecule has 0 spiro atoms. The van der Waals surface area contributed by atoms with E-state index in [1.165, 1.54) is 0 Å². The molecule has 0 heterocycles. The van der Waals surface area contributed by atoms with E-state index in [0.29, 0.717) is 6.54 Å². The van der Waals surface area contributed by atoms with Crippen LogP contribution in [0.5, 0.6) is 0 Å². The highest BCUT2D eigenvalue weighted by Gasteiger charge is 2.02. The molecule has 0 aliphatic rings. The third kappa shape index (κ3) is 16.5. The van der Waals surface area contributed by atoms with Gasteiger partial charge in [0.2, 0.25) is 0 Å². The molecule has 0 saturated carbocycles. The van der Waals surface area contributed by atoms with Crippen LogP contribution in [0.4, 0.5) is 0 Å². The van der Waals surface area contributed by atoms with E-state index in [1.54, 1.807) is 0 Å². The molecule has 0 aliphatic carbocycles. The fourth-order valence-corrected chi connectivity index (χ4v) is 0.852. The van der Waals surface area contributed by atoms with Crippen molar-refractivity contribution in [1.29, 1.82) is 0 Å². The number of nitrogens with one attached hydrogen (secondary N) is 1. The van der Waals surface area contributed by atoms with Gasteiger partial charge in [0.15, 0.2) is 0 Å². The van der Waals surface area contributed by atoms with Gasteiger partial charge in [0, 0.05) is 12.6 Å². The molecule has 2 N–H and O–H groups in total. The predicted molar refractivity (Wildman–Crippen MR) is 50.9 cm³/mol. The Balaban J connectivity index is 0. The first-order valence-electron chi connectivity index (χ1n) is 4.10. The van der Waals surface area contributed by atoms with Crippen LogP contribution in [0, 0.1) is 0 Å². The summed E-state index contributed by atoms with van der Waals surface area (Å²) in [4.78, 5) is 0. The van der Waals surface area contributed by atoms with Crippen LogP contribution in [0.25, 0.3) is 0 Å². The van der Waals surface area contributed by atoms with Crippen LogP contribution in [0.1, 0.15) is 27.7 Å². The summed E-state index contributed by atoms with van der Waals surface area (Å²) >= 11 is 0. The summed E-state index contributed by atoms with van der Waals surface area (Å²) in [5.74, 6) is -0.217. The van der Waals surface area contributed by atoms with Gasteiger partial charge in [-0.1, -0.05) is 27.7 Å². The van der Waals surface area contributed by atoms with Crippen molar-refractivity contribution in [2.45, 2.75) is 33.7 Å². The molecular weight excluding hydrogens is 178 g/mol. The Morgan fingerprint density at radius 2 is 1.75 bits per heavy atom. The molecule has 12 heavy (non-hydrogen) atoms. The SMILES string of the molecule is CC.CC(C)NCCS(=O)(=O)O. The van der Waals surface area contributed by atoms with E-state index < -0.39 is 10.1 Å². The Bertz CT molecular complexity index is 175. The highest BCUT2D eigenvalue weighted by atomic mass is 32.2. The standard InChI is InChI=1S/C5H13NO3S.C2H6/c1-5(2)6-3-4-10(7,8)9;1-2/h5-6H,3-4H2,1-2H3,(H,7,8,9);1-2H3. The second-order valence-electron chi connectivity index (χ2n) is 2.39. The van der Waals surface area contributed by atoms with Crippen LogP contribution in [-0.2, 0) is 10.1 Å². The van der Waals surface area contributed by atoms with Gasteiger partial charge in [-0.05, 0) is 0 Å². The molecule has 0 aromatic heterocycles. The Labute approximate surface area is 75.1 Å². The molecular formula is C7H19NO3S. The highest BCUT2D eigenvalue weighted by Crippen LogP contribution is 1.80. The topological polar surface area (TPSA) is 66.4 Å². The highest BCUT2D eigenvalue weighted by molar-refractivity contribution is 7.85. The zero-order valence-electron chi connectivity index (χ0n) is 8.16. The van der Waals surface area contributed by atoms with Gasteiger partial charge in [-0.3, -0.25) is 4.55 Å². The molecule has 4 nitrogen and oxygen atoms in total. The summed E-state index contributed by atoms with van der Waals surface area (Å²) in [5, 5.41) is 2.86. The van der Waals surface area contributed by atoms with Crippen molar-refractivity contribution in [3.8, 4) is 0 Å². The molecule has 5 heteroatoms. The molecule has 0 saturated heterocycles. The summed E-state index contributed by atoms with van der Waals surface area (Å²) in [6, 6.07) is 0.252. The summed E-state index contributed by atoms with van der Waals surface area (Å²) in [6.45, 7) is 8.12. The van der Waals surface area contributed by atoms with Crippen molar-refractivity contribution in [2.24, 2.45) is 0 Å². The first-order valence-corrected chi connectivity index (χ1v) is 5.71. The molecule has 0 radical (unpaired) electrons. The maximum absolute atomic E-state index is 10.1. The third-order valence-electron chi connectivity index (χ3n) is 0.913. The van der Waals surface area contributed by atoms with E-state index in [1.807, 2.05) is 27.7 Å². The Kier molecular flexibility index (Phi) is 9.02. The smallest absolute Gasteiger partial charge is 0.266 e. The van der Waals surface area contributed by atoms with Gasteiger partial charge in [0.25, 0.3) is 10.1 Å². The quantitative estimate of drug-likeness (QED) is 0.657. The van der Waals surface area contributed by atoms with E-state index in [4.69, 9.17) is 4.55 Å². The lowest BCUT2D eigenvalue weighted by Gasteiger charge is -2.04. The number of hydrogen-bond donors (Lipinski definition) is 2. The summed E-state index contributed by atoms with van der Waals surface area (Å²) in [7, 11) is -3.78. The van der Waals surface area contributed by atoms with Crippen LogP contribution in [0.3, 0.4) is 0 Å². The number of rotatable bonds is 4. The minimum atomic E-state index is -3.78. The fourth-order valence-electron chi connectivity index (χ4n) is 0.477. The van der Waals surface area contributed by atoms with Crippen molar-refractivity contribution in [2.75, 3.05) is 12.3 Å². The molecule has 0 amide bonds. The molecule has 0 atom stereocenters. The molecule has 0 bridgehead atoms. The fraction of sp³-hybridized carbons (Fsp3) is 1.00. The second-order valence-corrected chi connectivity index (χ2v) is 3.97. The van der Waals surface area contributed by atoms with Crippen molar-refractivity contribution in [3.63, 3.8) is 0 Å².